The number of benzene rings is 1. The molecule has 7 heteroatoms. The fourth-order valence-electron chi connectivity index (χ4n) is 2.09. The van der Waals surface area contributed by atoms with Crippen molar-refractivity contribution in [2.24, 2.45) is 17.1 Å². The summed E-state index contributed by atoms with van der Waals surface area (Å²) >= 11 is 0. The van der Waals surface area contributed by atoms with Gasteiger partial charge in [0.2, 0.25) is 5.91 Å². The third-order valence-electron chi connectivity index (χ3n) is 3.88. The van der Waals surface area contributed by atoms with Crippen molar-refractivity contribution in [3.63, 3.8) is 0 Å². The van der Waals surface area contributed by atoms with Crippen molar-refractivity contribution in [1.29, 1.82) is 0 Å². The fraction of sp³-hybridized carbons (Fsp3) is 0.529. The molecule has 2 rings (SSSR count). The van der Waals surface area contributed by atoms with Crippen molar-refractivity contribution >= 4 is 29.9 Å². The molecule has 0 radical (unpaired) electrons. The highest BCUT2D eigenvalue weighted by Crippen LogP contribution is 2.31. The summed E-state index contributed by atoms with van der Waals surface area (Å²) in [6.07, 6.45) is 2.17. The van der Waals surface area contributed by atoms with Gasteiger partial charge in [0.1, 0.15) is 5.82 Å². The maximum atomic E-state index is 13.9. The van der Waals surface area contributed by atoms with E-state index in [0.717, 1.165) is 12.8 Å². The van der Waals surface area contributed by atoms with Crippen LogP contribution in [0, 0.1) is 17.2 Å². The van der Waals surface area contributed by atoms with Gasteiger partial charge < -0.3 is 16.4 Å². The lowest BCUT2D eigenvalue weighted by Gasteiger charge is -2.18. The molecule has 5 nitrogen and oxygen atoms in total. The predicted octanol–water partition coefficient (Wildman–Crippen LogP) is 2.70. The first-order chi connectivity index (χ1) is 10.7. The number of rotatable bonds is 5. The monoisotopic (exact) mass is 357 g/mol. The summed E-state index contributed by atoms with van der Waals surface area (Å²) in [4.78, 5) is 24.1. The van der Waals surface area contributed by atoms with Gasteiger partial charge in [0.15, 0.2) is 0 Å². The Labute approximate surface area is 148 Å². The molecule has 1 unspecified atom stereocenters. The minimum Gasteiger partial charge on any atom is -0.350 e. The molecule has 1 atom stereocenters. The number of hydrogen-bond acceptors (Lipinski definition) is 3. The summed E-state index contributed by atoms with van der Waals surface area (Å²) < 4.78 is 13.9. The zero-order valence-corrected chi connectivity index (χ0v) is 15.0. The Kier molecular flexibility index (Phi) is 6.75. The van der Waals surface area contributed by atoms with Crippen LogP contribution >= 0.6 is 12.4 Å². The molecule has 1 aromatic rings. The molecule has 1 fully saturated rings. The summed E-state index contributed by atoms with van der Waals surface area (Å²) in [5.74, 6) is -0.898. The molecule has 0 aromatic heterocycles. The van der Waals surface area contributed by atoms with Crippen LogP contribution in [-0.4, -0.2) is 24.4 Å². The van der Waals surface area contributed by atoms with E-state index in [2.05, 4.69) is 10.6 Å². The number of amides is 2. The summed E-state index contributed by atoms with van der Waals surface area (Å²) in [6, 6.07) is 3.86. The second-order valence-corrected chi connectivity index (χ2v) is 7.11. The molecule has 2 amide bonds. The number of halogens is 2. The molecule has 4 N–H and O–H groups in total. The largest absolute Gasteiger partial charge is 0.350 e. The van der Waals surface area contributed by atoms with E-state index in [0.29, 0.717) is 18.2 Å². The Balaban J connectivity index is 0.00000288. The quantitative estimate of drug-likeness (QED) is 0.757. The number of carbonyl (C=O) groups excluding carboxylic acids is 2. The average molecular weight is 358 g/mol. The van der Waals surface area contributed by atoms with Gasteiger partial charge in [-0.3, -0.25) is 9.59 Å². The maximum Gasteiger partial charge on any atom is 0.254 e. The summed E-state index contributed by atoms with van der Waals surface area (Å²) in [6.45, 7) is 5.65. The highest BCUT2D eigenvalue weighted by Gasteiger charge is 2.28. The topological polar surface area (TPSA) is 84.2 Å². The van der Waals surface area contributed by atoms with Crippen LogP contribution < -0.4 is 16.4 Å². The van der Waals surface area contributed by atoms with Gasteiger partial charge in [-0.15, -0.1) is 12.4 Å². The molecule has 1 aliphatic carbocycles. The van der Waals surface area contributed by atoms with Gasteiger partial charge in [-0.1, -0.05) is 20.8 Å². The molecule has 0 aliphatic heterocycles. The normalized spacial score (nSPS) is 15.2. The van der Waals surface area contributed by atoms with E-state index >= 15 is 0 Å². The van der Waals surface area contributed by atoms with E-state index in [9.17, 15) is 14.0 Å². The van der Waals surface area contributed by atoms with Crippen LogP contribution in [0.5, 0.6) is 0 Å². The Morgan fingerprint density at radius 3 is 2.50 bits per heavy atom. The van der Waals surface area contributed by atoms with Gasteiger partial charge in [-0.2, -0.15) is 0 Å². The first-order valence-electron chi connectivity index (χ1n) is 7.83. The highest BCUT2D eigenvalue weighted by molar-refractivity contribution is 5.98. The molecule has 0 bridgehead atoms. The lowest BCUT2D eigenvalue weighted by Crippen LogP contribution is -2.38. The minimum absolute atomic E-state index is 0. The number of carbonyl (C=O) groups is 2. The first kappa shape index (κ1) is 20.4. The van der Waals surface area contributed by atoms with Crippen LogP contribution in [0.25, 0.3) is 0 Å². The number of nitrogens with one attached hydrogen (secondary N) is 2. The average Bonchev–Trinajstić information content (AvgIpc) is 3.30. The zero-order chi connectivity index (χ0) is 17.2. The summed E-state index contributed by atoms with van der Waals surface area (Å²) in [5, 5.41) is 5.34. The fourth-order valence-corrected chi connectivity index (χ4v) is 2.09. The van der Waals surface area contributed by atoms with Crippen LogP contribution in [-0.2, 0) is 4.79 Å². The second-order valence-electron chi connectivity index (χ2n) is 7.11. The molecule has 1 aromatic carbocycles. The highest BCUT2D eigenvalue weighted by atomic mass is 35.5. The van der Waals surface area contributed by atoms with E-state index in [1.54, 1.807) is 20.8 Å². The standard InChI is InChI=1S/C17H24FN3O2.ClH/c1-17(2,3)16(23)21-11-6-7-13(18)12(8-11)15(22)20-9-14(19)10-4-5-10;/h6-8,10,14H,4-5,9,19H2,1-3H3,(H,20,22)(H,21,23);1H. The van der Waals surface area contributed by atoms with Gasteiger partial charge in [0.25, 0.3) is 5.91 Å². The molecular weight excluding hydrogens is 333 g/mol. The van der Waals surface area contributed by atoms with E-state index in [1.807, 2.05) is 0 Å². The predicted molar refractivity (Wildman–Crippen MR) is 94.8 cm³/mol. The minimum atomic E-state index is -0.628. The van der Waals surface area contributed by atoms with Crippen LogP contribution in [0.2, 0.25) is 0 Å². The number of anilines is 1. The van der Waals surface area contributed by atoms with Gasteiger partial charge in [-0.25, -0.2) is 4.39 Å². The van der Waals surface area contributed by atoms with Gasteiger partial charge >= 0.3 is 0 Å². The van der Waals surface area contributed by atoms with Crippen molar-refractivity contribution in [3.8, 4) is 0 Å². The molecule has 0 saturated heterocycles. The third-order valence-corrected chi connectivity index (χ3v) is 3.88. The first-order valence-corrected chi connectivity index (χ1v) is 7.83. The number of nitrogens with two attached hydrogens (primary N) is 1. The molecule has 1 aliphatic rings. The van der Waals surface area contributed by atoms with E-state index in [4.69, 9.17) is 5.73 Å². The van der Waals surface area contributed by atoms with Crippen LogP contribution in [0.15, 0.2) is 18.2 Å². The van der Waals surface area contributed by atoms with Crippen molar-refractivity contribution in [2.75, 3.05) is 11.9 Å². The Morgan fingerprint density at radius 1 is 1.33 bits per heavy atom. The lowest BCUT2D eigenvalue weighted by molar-refractivity contribution is -0.123. The smallest absolute Gasteiger partial charge is 0.254 e. The summed E-state index contributed by atoms with van der Waals surface area (Å²) in [7, 11) is 0. The zero-order valence-electron chi connectivity index (χ0n) is 14.2. The van der Waals surface area contributed by atoms with Crippen molar-refractivity contribution in [1.82, 2.24) is 5.32 Å². The SMILES string of the molecule is CC(C)(C)C(=O)Nc1ccc(F)c(C(=O)NCC(N)C2CC2)c1.Cl. The Morgan fingerprint density at radius 2 is 1.96 bits per heavy atom. The van der Waals surface area contributed by atoms with Crippen LogP contribution in [0.4, 0.5) is 10.1 Å². The second kappa shape index (κ2) is 7.94. The van der Waals surface area contributed by atoms with Crippen LogP contribution in [0.3, 0.4) is 0 Å². The molecule has 0 spiro atoms. The van der Waals surface area contributed by atoms with E-state index in [1.165, 1.54) is 18.2 Å². The molecular formula is C17H25ClFN3O2. The Bertz CT molecular complexity index is 612. The van der Waals surface area contributed by atoms with Gasteiger partial charge in [0, 0.05) is 23.7 Å². The molecule has 134 valence electrons. The van der Waals surface area contributed by atoms with E-state index in [-0.39, 0.29) is 29.9 Å². The van der Waals surface area contributed by atoms with Crippen LogP contribution in [0.1, 0.15) is 44.0 Å². The maximum absolute atomic E-state index is 13.9. The Hall–Kier alpha value is -1.66. The lowest BCUT2D eigenvalue weighted by atomic mass is 9.95. The third kappa shape index (κ3) is 5.46. The number of hydrogen-bond donors (Lipinski definition) is 3. The van der Waals surface area contributed by atoms with E-state index < -0.39 is 17.1 Å². The van der Waals surface area contributed by atoms with Gasteiger partial charge in [0.05, 0.1) is 5.56 Å². The van der Waals surface area contributed by atoms with Crippen molar-refractivity contribution in [3.05, 3.63) is 29.6 Å². The van der Waals surface area contributed by atoms with Crippen molar-refractivity contribution < 1.29 is 14.0 Å². The summed E-state index contributed by atoms with van der Waals surface area (Å²) in [5.41, 5.74) is 5.64. The molecule has 24 heavy (non-hydrogen) atoms. The molecule has 1 saturated carbocycles. The van der Waals surface area contributed by atoms with Crippen molar-refractivity contribution in [2.45, 2.75) is 39.7 Å². The molecule has 0 heterocycles. The van der Waals surface area contributed by atoms with Gasteiger partial charge in [-0.05, 0) is 37.0 Å².